The van der Waals surface area contributed by atoms with Gasteiger partial charge in [-0.15, -0.1) is 4.99 Å². The lowest BCUT2D eigenvalue weighted by molar-refractivity contribution is 0.164. The molecule has 0 aromatic heterocycles. The topological polar surface area (TPSA) is 73.9 Å². The molecule has 0 bridgehead atoms. The van der Waals surface area contributed by atoms with Crippen LogP contribution in [-0.4, -0.2) is 25.3 Å². The molecule has 13 heavy (non-hydrogen) atoms. The summed E-state index contributed by atoms with van der Waals surface area (Å²) in [7, 11) is 0. The van der Waals surface area contributed by atoms with Gasteiger partial charge in [-0.1, -0.05) is 13.8 Å². The SMILES string of the molecule is CCCOC(=NC(N)=O)OCCC. The maximum Gasteiger partial charge on any atom is 0.393 e. The van der Waals surface area contributed by atoms with Gasteiger partial charge in [0.25, 0.3) is 0 Å². The van der Waals surface area contributed by atoms with E-state index in [1.807, 2.05) is 13.8 Å². The molecule has 2 N–H and O–H groups in total. The van der Waals surface area contributed by atoms with Crippen molar-refractivity contribution in [3.05, 3.63) is 0 Å². The Bertz CT molecular complexity index is 170. The van der Waals surface area contributed by atoms with Crippen molar-refractivity contribution in [2.75, 3.05) is 13.2 Å². The molecule has 0 rings (SSSR count). The first kappa shape index (κ1) is 11.7. The number of carbonyl (C=O) groups excluding carboxylic acids is 1. The zero-order valence-electron chi connectivity index (χ0n) is 8.08. The number of nitrogens with zero attached hydrogens (tertiary/aromatic N) is 1. The number of primary amides is 1. The number of carbonyl (C=O) groups is 1. The first-order valence-electron chi connectivity index (χ1n) is 4.34. The predicted molar refractivity (Wildman–Crippen MR) is 49.5 cm³/mol. The Kier molecular flexibility index (Phi) is 6.68. The molecule has 0 aromatic carbocycles. The molecular weight excluding hydrogens is 172 g/mol. The average Bonchev–Trinajstić information content (AvgIpc) is 2.09. The van der Waals surface area contributed by atoms with Crippen LogP contribution in [0.4, 0.5) is 4.79 Å². The van der Waals surface area contributed by atoms with E-state index >= 15 is 0 Å². The van der Waals surface area contributed by atoms with Crippen molar-refractivity contribution in [3.63, 3.8) is 0 Å². The van der Waals surface area contributed by atoms with Gasteiger partial charge in [-0.2, -0.15) is 0 Å². The molecular formula is C8H16N2O3. The number of nitrogens with two attached hydrogens (primary N) is 1. The van der Waals surface area contributed by atoms with E-state index in [-0.39, 0.29) is 6.08 Å². The minimum atomic E-state index is -0.804. The van der Waals surface area contributed by atoms with Gasteiger partial charge in [-0.25, -0.2) is 4.79 Å². The maximum atomic E-state index is 10.4. The van der Waals surface area contributed by atoms with Crippen LogP contribution in [0.2, 0.25) is 0 Å². The first-order valence-corrected chi connectivity index (χ1v) is 4.34. The van der Waals surface area contributed by atoms with Crippen molar-refractivity contribution in [1.82, 2.24) is 0 Å². The molecule has 76 valence electrons. The maximum absolute atomic E-state index is 10.4. The van der Waals surface area contributed by atoms with Crippen molar-refractivity contribution < 1.29 is 14.3 Å². The van der Waals surface area contributed by atoms with Crippen molar-refractivity contribution >= 4 is 12.1 Å². The minimum Gasteiger partial charge on any atom is -0.450 e. The van der Waals surface area contributed by atoms with Crippen molar-refractivity contribution in [2.24, 2.45) is 10.7 Å². The molecule has 0 radical (unpaired) electrons. The lowest BCUT2D eigenvalue weighted by atomic mass is 10.5. The molecule has 0 heterocycles. The van der Waals surface area contributed by atoms with Crippen LogP contribution < -0.4 is 5.73 Å². The molecule has 0 atom stereocenters. The molecule has 0 aliphatic carbocycles. The van der Waals surface area contributed by atoms with Crippen LogP contribution in [0.5, 0.6) is 0 Å². The van der Waals surface area contributed by atoms with Gasteiger partial charge in [0.05, 0.1) is 13.2 Å². The smallest absolute Gasteiger partial charge is 0.393 e. The predicted octanol–water partition coefficient (Wildman–Crippen LogP) is 1.27. The zero-order valence-corrected chi connectivity index (χ0v) is 8.08. The Morgan fingerprint density at radius 1 is 1.23 bits per heavy atom. The molecule has 0 aliphatic rings. The van der Waals surface area contributed by atoms with Gasteiger partial charge in [0.2, 0.25) is 0 Å². The molecule has 0 saturated heterocycles. The van der Waals surface area contributed by atoms with E-state index in [1.54, 1.807) is 0 Å². The summed E-state index contributed by atoms with van der Waals surface area (Å²) >= 11 is 0. The van der Waals surface area contributed by atoms with Crippen LogP contribution in [-0.2, 0) is 9.47 Å². The van der Waals surface area contributed by atoms with Crippen LogP contribution in [0.25, 0.3) is 0 Å². The summed E-state index contributed by atoms with van der Waals surface area (Å²) in [6.45, 7) is 4.83. The van der Waals surface area contributed by atoms with E-state index < -0.39 is 6.03 Å². The fourth-order valence-electron chi connectivity index (χ4n) is 0.575. The normalized spacial score (nSPS) is 9.08. The lowest BCUT2D eigenvalue weighted by Crippen LogP contribution is -2.16. The van der Waals surface area contributed by atoms with E-state index in [4.69, 9.17) is 15.2 Å². The second kappa shape index (κ2) is 7.39. The highest BCUT2D eigenvalue weighted by molar-refractivity contribution is 5.85. The van der Waals surface area contributed by atoms with E-state index in [9.17, 15) is 4.79 Å². The van der Waals surface area contributed by atoms with Crippen LogP contribution >= 0.6 is 0 Å². The largest absolute Gasteiger partial charge is 0.450 e. The standard InChI is InChI=1S/C8H16N2O3/c1-3-5-12-8(10-7(9)11)13-6-4-2/h3-6H2,1-2H3,(H2,9,11). The summed E-state index contributed by atoms with van der Waals surface area (Å²) in [5, 5.41) is 0. The second-order valence-corrected chi connectivity index (χ2v) is 2.41. The summed E-state index contributed by atoms with van der Waals surface area (Å²) in [6.07, 6.45) is 1.62. The van der Waals surface area contributed by atoms with E-state index in [0.717, 1.165) is 12.8 Å². The summed E-state index contributed by atoms with van der Waals surface area (Å²) < 4.78 is 10.1. The van der Waals surface area contributed by atoms with Gasteiger partial charge in [-0.3, -0.25) is 0 Å². The molecule has 0 saturated carbocycles. The summed E-state index contributed by atoms with van der Waals surface area (Å²) in [4.78, 5) is 13.8. The van der Waals surface area contributed by atoms with E-state index in [0.29, 0.717) is 13.2 Å². The Balaban J connectivity index is 3.94. The molecule has 5 nitrogen and oxygen atoms in total. The van der Waals surface area contributed by atoms with Gasteiger partial charge < -0.3 is 15.2 Å². The number of hydrogen-bond acceptors (Lipinski definition) is 3. The first-order chi connectivity index (χ1) is 6.20. The van der Waals surface area contributed by atoms with Gasteiger partial charge in [0, 0.05) is 0 Å². The highest BCUT2D eigenvalue weighted by atomic mass is 16.7. The fraction of sp³-hybridized carbons (Fsp3) is 0.750. The fourth-order valence-corrected chi connectivity index (χ4v) is 0.575. The van der Waals surface area contributed by atoms with Crippen molar-refractivity contribution in [3.8, 4) is 0 Å². The number of urea groups is 1. The summed E-state index contributed by atoms with van der Waals surface area (Å²) in [5.74, 6) is 0. The van der Waals surface area contributed by atoms with Gasteiger partial charge in [-0.05, 0) is 12.8 Å². The van der Waals surface area contributed by atoms with Gasteiger partial charge in [0.1, 0.15) is 0 Å². The third-order valence-corrected chi connectivity index (χ3v) is 1.06. The molecule has 0 unspecified atom stereocenters. The van der Waals surface area contributed by atoms with Crippen LogP contribution in [0.1, 0.15) is 26.7 Å². The van der Waals surface area contributed by atoms with Crippen molar-refractivity contribution in [1.29, 1.82) is 0 Å². The quantitative estimate of drug-likeness (QED) is 0.533. The van der Waals surface area contributed by atoms with Gasteiger partial charge >= 0.3 is 12.1 Å². The van der Waals surface area contributed by atoms with Crippen LogP contribution in [0, 0.1) is 0 Å². The third-order valence-electron chi connectivity index (χ3n) is 1.06. The Morgan fingerprint density at radius 3 is 2.00 bits per heavy atom. The van der Waals surface area contributed by atoms with Crippen LogP contribution in [0.3, 0.4) is 0 Å². The Labute approximate surface area is 77.9 Å². The lowest BCUT2D eigenvalue weighted by Gasteiger charge is -2.07. The molecule has 0 aliphatic heterocycles. The number of hydrogen-bond donors (Lipinski definition) is 1. The molecule has 2 amide bonds. The number of ether oxygens (including phenoxy) is 2. The molecule has 0 spiro atoms. The summed E-state index contributed by atoms with van der Waals surface area (Å²) in [6, 6.07) is -0.804. The number of amides is 2. The van der Waals surface area contributed by atoms with Gasteiger partial charge in [0.15, 0.2) is 0 Å². The Hall–Kier alpha value is -1.26. The molecule has 0 aromatic rings. The van der Waals surface area contributed by atoms with E-state index in [2.05, 4.69) is 4.99 Å². The highest BCUT2D eigenvalue weighted by Gasteiger charge is 2.02. The highest BCUT2D eigenvalue weighted by Crippen LogP contribution is 1.91. The minimum absolute atomic E-state index is 0.0313. The van der Waals surface area contributed by atoms with Crippen LogP contribution in [0.15, 0.2) is 4.99 Å². The van der Waals surface area contributed by atoms with E-state index in [1.165, 1.54) is 0 Å². The number of rotatable bonds is 4. The summed E-state index contributed by atoms with van der Waals surface area (Å²) in [5.41, 5.74) is 4.85. The van der Waals surface area contributed by atoms with Crippen molar-refractivity contribution in [2.45, 2.75) is 26.7 Å². The average molecular weight is 188 g/mol. The number of aliphatic imine (C=N–C) groups is 1. The monoisotopic (exact) mass is 188 g/mol. The Morgan fingerprint density at radius 2 is 1.69 bits per heavy atom. The molecule has 0 fully saturated rings. The third kappa shape index (κ3) is 7.11. The zero-order chi connectivity index (χ0) is 10.1. The second-order valence-electron chi connectivity index (χ2n) is 2.41. The molecule has 5 heteroatoms.